The molecule has 0 bridgehead atoms. The fraction of sp³-hybridized carbons (Fsp3) is 0.250. The number of aromatic amines is 1. The Morgan fingerprint density at radius 1 is 1.21 bits per heavy atom. The number of thioether (sulfide) groups is 1. The zero-order chi connectivity index (χ0) is 20.1. The van der Waals surface area contributed by atoms with Crippen LogP contribution in [-0.2, 0) is 0 Å². The lowest BCUT2D eigenvalue weighted by Gasteiger charge is -2.06. The first kappa shape index (κ1) is 19.8. The second kappa shape index (κ2) is 8.79. The van der Waals surface area contributed by atoms with E-state index in [4.69, 9.17) is 9.47 Å². The number of aromatic nitrogens is 2. The molecule has 2 N–H and O–H groups in total. The Balaban J connectivity index is 1.73. The van der Waals surface area contributed by atoms with Crippen LogP contribution in [-0.4, -0.2) is 41.6 Å². The molecule has 146 valence electrons. The average molecular weight is 398 g/mol. The maximum absolute atomic E-state index is 12.4. The number of benzene rings is 2. The standard InChI is InChI=1S/C20H22N4O3S/c1-12(2)28-20-22-16-7-5-13(10-17(16)23-20)19(25)24-21-11-14-9-15(26-3)6-8-18(14)27-4/h5-12H,1-4H3,(H,22,23)(H,24,25)/b21-11-. The number of hydrogen-bond acceptors (Lipinski definition) is 6. The van der Waals surface area contributed by atoms with Crippen LogP contribution >= 0.6 is 11.8 Å². The molecule has 0 aliphatic rings. The quantitative estimate of drug-likeness (QED) is 0.359. The van der Waals surface area contributed by atoms with Crippen molar-refractivity contribution in [3.63, 3.8) is 0 Å². The van der Waals surface area contributed by atoms with E-state index in [0.717, 1.165) is 16.2 Å². The summed E-state index contributed by atoms with van der Waals surface area (Å²) in [6.45, 7) is 4.21. The predicted molar refractivity (Wildman–Crippen MR) is 112 cm³/mol. The number of carbonyl (C=O) groups is 1. The average Bonchev–Trinajstić information content (AvgIpc) is 3.08. The molecule has 0 radical (unpaired) electrons. The van der Waals surface area contributed by atoms with E-state index in [1.54, 1.807) is 56.3 Å². The van der Waals surface area contributed by atoms with Crippen LogP contribution in [0.4, 0.5) is 0 Å². The second-order valence-corrected chi connectivity index (χ2v) is 7.81. The molecule has 1 aromatic heterocycles. The number of H-pyrrole nitrogens is 1. The number of hydrogen-bond donors (Lipinski definition) is 2. The van der Waals surface area contributed by atoms with E-state index in [9.17, 15) is 4.79 Å². The normalized spacial score (nSPS) is 11.3. The third-order valence-electron chi connectivity index (χ3n) is 3.88. The van der Waals surface area contributed by atoms with Gasteiger partial charge in [0.1, 0.15) is 11.5 Å². The van der Waals surface area contributed by atoms with Gasteiger partial charge in [0, 0.05) is 16.4 Å². The largest absolute Gasteiger partial charge is 0.497 e. The van der Waals surface area contributed by atoms with Crippen molar-refractivity contribution in [3.05, 3.63) is 47.5 Å². The summed E-state index contributed by atoms with van der Waals surface area (Å²) in [5.41, 5.74) is 5.36. The van der Waals surface area contributed by atoms with Crippen LogP contribution in [0.5, 0.6) is 11.5 Å². The van der Waals surface area contributed by atoms with Crippen molar-refractivity contribution in [2.75, 3.05) is 14.2 Å². The lowest BCUT2D eigenvalue weighted by Crippen LogP contribution is -2.17. The summed E-state index contributed by atoms with van der Waals surface area (Å²) in [7, 11) is 3.16. The summed E-state index contributed by atoms with van der Waals surface area (Å²) in [4.78, 5) is 20.2. The van der Waals surface area contributed by atoms with Gasteiger partial charge in [-0.3, -0.25) is 4.79 Å². The summed E-state index contributed by atoms with van der Waals surface area (Å²) in [5.74, 6) is 0.994. The Hall–Kier alpha value is -3.00. The molecule has 3 aromatic rings. The Morgan fingerprint density at radius 2 is 2.04 bits per heavy atom. The van der Waals surface area contributed by atoms with Crippen molar-refractivity contribution >= 4 is 34.9 Å². The molecule has 0 atom stereocenters. The van der Waals surface area contributed by atoms with Gasteiger partial charge in [0.25, 0.3) is 5.91 Å². The highest BCUT2D eigenvalue weighted by molar-refractivity contribution is 7.99. The van der Waals surface area contributed by atoms with Crippen molar-refractivity contribution in [3.8, 4) is 11.5 Å². The van der Waals surface area contributed by atoms with Crippen molar-refractivity contribution in [1.82, 2.24) is 15.4 Å². The Morgan fingerprint density at radius 3 is 2.75 bits per heavy atom. The van der Waals surface area contributed by atoms with Gasteiger partial charge in [-0.1, -0.05) is 25.6 Å². The molecule has 0 aliphatic heterocycles. The smallest absolute Gasteiger partial charge is 0.271 e. The Bertz CT molecular complexity index is 1010. The van der Waals surface area contributed by atoms with E-state index in [2.05, 4.69) is 34.3 Å². The van der Waals surface area contributed by atoms with Crippen LogP contribution in [0.1, 0.15) is 29.8 Å². The second-order valence-electron chi connectivity index (χ2n) is 6.25. The minimum absolute atomic E-state index is 0.312. The molecule has 1 amide bonds. The molecule has 0 spiro atoms. The monoisotopic (exact) mass is 398 g/mol. The molecule has 0 aliphatic carbocycles. The van der Waals surface area contributed by atoms with Crippen LogP contribution in [0.15, 0.2) is 46.7 Å². The summed E-state index contributed by atoms with van der Waals surface area (Å²) in [6, 6.07) is 10.7. The van der Waals surface area contributed by atoms with Crippen molar-refractivity contribution in [2.45, 2.75) is 24.3 Å². The molecule has 2 aromatic carbocycles. The summed E-state index contributed by atoms with van der Waals surface area (Å²) < 4.78 is 10.5. The first-order valence-electron chi connectivity index (χ1n) is 8.72. The van der Waals surface area contributed by atoms with Crippen molar-refractivity contribution < 1.29 is 14.3 Å². The lowest BCUT2D eigenvalue weighted by atomic mass is 10.2. The third-order valence-corrected chi connectivity index (χ3v) is 4.76. The highest BCUT2D eigenvalue weighted by Gasteiger charge is 2.10. The van der Waals surface area contributed by atoms with E-state index >= 15 is 0 Å². The van der Waals surface area contributed by atoms with Gasteiger partial charge >= 0.3 is 0 Å². The van der Waals surface area contributed by atoms with Crippen LogP contribution in [0.3, 0.4) is 0 Å². The molecular weight excluding hydrogens is 376 g/mol. The highest BCUT2D eigenvalue weighted by Crippen LogP contribution is 2.24. The van der Waals surface area contributed by atoms with Crippen molar-refractivity contribution in [1.29, 1.82) is 0 Å². The maximum Gasteiger partial charge on any atom is 0.271 e. The number of methoxy groups -OCH3 is 2. The number of hydrazone groups is 1. The highest BCUT2D eigenvalue weighted by atomic mass is 32.2. The Labute approximate surface area is 167 Å². The number of rotatable bonds is 7. The molecule has 3 rings (SSSR count). The fourth-order valence-corrected chi connectivity index (χ4v) is 3.34. The number of fused-ring (bicyclic) bond motifs is 1. The number of ether oxygens (including phenoxy) is 2. The molecule has 0 saturated heterocycles. The van der Waals surface area contributed by atoms with E-state index in [1.165, 1.54) is 6.21 Å². The molecule has 0 saturated carbocycles. The minimum Gasteiger partial charge on any atom is -0.497 e. The number of imidazole rings is 1. The summed E-state index contributed by atoms with van der Waals surface area (Å²) >= 11 is 1.64. The lowest BCUT2D eigenvalue weighted by molar-refractivity contribution is 0.0955. The van der Waals surface area contributed by atoms with Gasteiger partial charge in [0.2, 0.25) is 0 Å². The van der Waals surface area contributed by atoms with E-state index in [-0.39, 0.29) is 5.91 Å². The fourth-order valence-electron chi connectivity index (χ4n) is 2.57. The van der Waals surface area contributed by atoms with Crippen molar-refractivity contribution in [2.24, 2.45) is 5.10 Å². The third kappa shape index (κ3) is 4.64. The maximum atomic E-state index is 12.4. The first-order chi connectivity index (χ1) is 13.5. The zero-order valence-corrected chi connectivity index (χ0v) is 17.0. The molecule has 8 heteroatoms. The minimum atomic E-state index is -0.312. The van der Waals surface area contributed by atoms with Crippen LogP contribution in [0.2, 0.25) is 0 Å². The molecule has 0 fully saturated rings. The van der Waals surface area contributed by atoms with Crippen LogP contribution < -0.4 is 14.9 Å². The molecule has 7 nitrogen and oxygen atoms in total. The number of nitrogens with zero attached hydrogens (tertiary/aromatic N) is 2. The first-order valence-corrected chi connectivity index (χ1v) is 9.60. The summed E-state index contributed by atoms with van der Waals surface area (Å²) in [5, 5.41) is 5.30. The van der Waals surface area contributed by atoms with E-state index < -0.39 is 0 Å². The van der Waals surface area contributed by atoms with E-state index in [1.807, 2.05) is 6.07 Å². The SMILES string of the molecule is COc1ccc(OC)c(/C=N\NC(=O)c2ccc3nc(SC(C)C)[nH]c3c2)c1. The van der Waals surface area contributed by atoms with Crippen LogP contribution in [0.25, 0.3) is 11.0 Å². The molecular formula is C20H22N4O3S. The molecule has 0 unspecified atom stereocenters. The number of nitrogens with one attached hydrogen (secondary N) is 2. The van der Waals surface area contributed by atoms with Gasteiger partial charge in [-0.05, 0) is 36.4 Å². The predicted octanol–water partition coefficient (Wildman–Crippen LogP) is 3.84. The number of amides is 1. The van der Waals surface area contributed by atoms with Gasteiger partial charge in [-0.2, -0.15) is 5.10 Å². The molecule has 1 heterocycles. The zero-order valence-electron chi connectivity index (χ0n) is 16.1. The topological polar surface area (TPSA) is 88.6 Å². The van der Waals surface area contributed by atoms with Gasteiger partial charge in [-0.25, -0.2) is 10.4 Å². The summed E-state index contributed by atoms with van der Waals surface area (Å²) in [6.07, 6.45) is 1.52. The number of carbonyl (C=O) groups excluding carboxylic acids is 1. The van der Waals surface area contributed by atoms with Gasteiger partial charge in [0.05, 0.1) is 31.5 Å². The molecule has 28 heavy (non-hydrogen) atoms. The van der Waals surface area contributed by atoms with Gasteiger partial charge in [-0.15, -0.1) is 0 Å². The van der Waals surface area contributed by atoms with E-state index in [0.29, 0.717) is 27.9 Å². The van der Waals surface area contributed by atoms with Gasteiger partial charge in [0.15, 0.2) is 5.16 Å². The van der Waals surface area contributed by atoms with Crippen LogP contribution in [0, 0.1) is 0 Å². The Kier molecular flexibility index (Phi) is 6.20. The van der Waals surface area contributed by atoms with Gasteiger partial charge < -0.3 is 14.5 Å².